The Labute approximate surface area is 178 Å². The molecule has 0 aliphatic carbocycles. The third kappa shape index (κ3) is 4.18. The zero-order valence-corrected chi connectivity index (χ0v) is 18.2. The van der Waals surface area contributed by atoms with Gasteiger partial charge in [-0.15, -0.1) is 11.3 Å². The molecule has 30 heavy (non-hydrogen) atoms. The molecule has 0 saturated heterocycles. The molecule has 3 rings (SSSR count). The molecule has 0 fully saturated rings. The molecule has 3 heterocycles. The van der Waals surface area contributed by atoms with Gasteiger partial charge in [0, 0.05) is 37.2 Å². The highest BCUT2D eigenvalue weighted by molar-refractivity contribution is 7.12. The van der Waals surface area contributed by atoms with E-state index in [0.717, 1.165) is 5.56 Å². The molecule has 0 saturated carbocycles. The lowest BCUT2D eigenvalue weighted by molar-refractivity contribution is 0.0588. The van der Waals surface area contributed by atoms with Gasteiger partial charge >= 0.3 is 5.97 Å². The van der Waals surface area contributed by atoms with Gasteiger partial charge in [-0.25, -0.2) is 4.79 Å². The maximum atomic E-state index is 13.3. The van der Waals surface area contributed by atoms with E-state index in [1.807, 2.05) is 11.4 Å². The van der Waals surface area contributed by atoms with E-state index in [0.29, 0.717) is 27.4 Å². The van der Waals surface area contributed by atoms with E-state index in [4.69, 9.17) is 4.74 Å². The average molecular weight is 426 g/mol. The van der Waals surface area contributed by atoms with Crippen molar-refractivity contribution >= 4 is 29.0 Å². The smallest absolute Gasteiger partial charge is 0.354 e. The molecule has 0 N–H and O–H groups in total. The van der Waals surface area contributed by atoms with E-state index in [2.05, 4.69) is 4.98 Å². The molecule has 0 spiro atoms. The van der Waals surface area contributed by atoms with Crippen molar-refractivity contribution in [3.05, 3.63) is 75.0 Å². The van der Waals surface area contributed by atoms with Crippen LogP contribution in [0.5, 0.6) is 0 Å². The van der Waals surface area contributed by atoms with Gasteiger partial charge in [-0.1, -0.05) is 12.1 Å². The van der Waals surface area contributed by atoms with E-state index in [1.165, 1.54) is 23.3 Å². The molecule has 3 aromatic rings. The van der Waals surface area contributed by atoms with Crippen LogP contribution in [0.1, 0.15) is 47.3 Å². The summed E-state index contributed by atoms with van der Waals surface area (Å²) in [6.45, 7) is 3.64. The number of ketones is 1. The monoisotopic (exact) mass is 425 g/mol. The molecule has 0 radical (unpaired) electrons. The molecule has 156 valence electrons. The quantitative estimate of drug-likeness (QED) is 0.428. The highest BCUT2D eigenvalue weighted by Gasteiger charge is 2.28. The summed E-state index contributed by atoms with van der Waals surface area (Å²) >= 11 is 1.33. The number of Topliss-reactive ketones (excluding diaryl/α,β-unsaturated/α-hetero) is 1. The molecule has 7 nitrogen and oxygen atoms in total. The number of rotatable bonds is 7. The maximum absolute atomic E-state index is 13.3. The highest BCUT2D eigenvalue weighted by Crippen LogP contribution is 2.24. The van der Waals surface area contributed by atoms with Gasteiger partial charge in [-0.05, 0) is 42.5 Å². The number of hydrogen-bond donors (Lipinski definition) is 0. The van der Waals surface area contributed by atoms with E-state index >= 15 is 0 Å². The van der Waals surface area contributed by atoms with Gasteiger partial charge in [0.1, 0.15) is 5.69 Å². The first kappa shape index (κ1) is 21.4. The van der Waals surface area contributed by atoms with Crippen LogP contribution in [0.3, 0.4) is 0 Å². The van der Waals surface area contributed by atoms with Crippen molar-refractivity contribution in [3.63, 3.8) is 0 Å². The van der Waals surface area contributed by atoms with Crippen molar-refractivity contribution in [2.75, 3.05) is 13.7 Å². The summed E-state index contributed by atoms with van der Waals surface area (Å²) in [6.07, 6.45) is 3.33. The first-order valence-electron chi connectivity index (χ1n) is 9.34. The van der Waals surface area contributed by atoms with Crippen molar-refractivity contribution in [2.45, 2.75) is 20.4 Å². The summed E-state index contributed by atoms with van der Waals surface area (Å²) in [5.41, 5.74) is 2.81. The topological polar surface area (TPSA) is 81.5 Å². The van der Waals surface area contributed by atoms with E-state index in [-0.39, 0.29) is 24.8 Å². The summed E-state index contributed by atoms with van der Waals surface area (Å²) in [4.78, 5) is 44.6. The number of esters is 1. The summed E-state index contributed by atoms with van der Waals surface area (Å²) in [5.74, 6) is -0.954. The number of methoxy groups -OCH3 is 1. The van der Waals surface area contributed by atoms with Crippen molar-refractivity contribution in [2.24, 2.45) is 7.05 Å². The van der Waals surface area contributed by atoms with Crippen molar-refractivity contribution in [1.29, 1.82) is 0 Å². The number of pyridine rings is 1. The molecule has 0 bridgehead atoms. The standard InChI is InChI=1S/C22H23N3O4S/c1-14-19(15(2)24(3)20(14)22(28)29-4)17(26)13-25(12-16-7-5-9-23-11-16)21(27)18-8-6-10-30-18/h5-11H,12-13H2,1-4H3. The largest absolute Gasteiger partial charge is 0.464 e. The van der Waals surface area contributed by atoms with Crippen LogP contribution in [0, 0.1) is 13.8 Å². The molecule has 8 heteroatoms. The molecule has 0 atom stereocenters. The van der Waals surface area contributed by atoms with Crippen LogP contribution in [0.2, 0.25) is 0 Å². The number of ether oxygens (including phenoxy) is 1. The van der Waals surface area contributed by atoms with E-state index in [1.54, 1.807) is 56.1 Å². The fraction of sp³-hybridized carbons (Fsp3) is 0.273. The Kier molecular flexibility index (Phi) is 6.47. The first-order chi connectivity index (χ1) is 14.3. The molecule has 0 unspecified atom stereocenters. The summed E-state index contributed by atoms with van der Waals surface area (Å²) in [6, 6.07) is 7.19. The normalized spacial score (nSPS) is 10.7. The number of thiophene rings is 1. The number of carbonyl (C=O) groups is 3. The van der Waals surface area contributed by atoms with Gasteiger partial charge in [0.2, 0.25) is 0 Å². The first-order valence-corrected chi connectivity index (χ1v) is 10.2. The third-order valence-corrected chi connectivity index (χ3v) is 5.90. The second-order valence-corrected chi connectivity index (χ2v) is 7.86. The number of hydrogen-bond acceptors (Lipinski definition) is 6. The molecule has 1 amide bonds. The maximum Gasteiger partial charge on any atom is 0.354 e. The Bertz CT molecular complexity index is 1070. The van der Waals surface area contributed by atoms with Crippen LogP contribution in [-0.4, -0.2) is 45.8 Å². The molecular formula is C22H23N3O4S. The van der Waals surface area contributed by atoms with Gasteiger partial charge < -0.3 is 14.2 Å². The van der Waals surface area contributed by atoms with Crippen LogP contribution in [0.15, 0.2) is 42.0 Å². The predicted octanol–water partition coefficient (Wildman–Crippen LogP) is 3.41. The molecule has 0 aliphatic rings. The number of nitrogens with zero attached hydrogens (tertiary/aromatic N) is 3. The summed E-state index contributed by atoms with van der Waals surface area (Å²) < 4.78 is 6.51. The lowest BCUT2D eigenvalue weighted by Gasteiger charge is -2.21. The summed E-state index contributed by atoms with van der Waals surface area (Å²) in [5, 5.41) is 1.82. The third-order valence-electron chi connectivity index (χ3n) is 5.04. The van der Waals surface area contributed by atoms with Crippen LogP contribution < -0.4 is 0 Å². The number of aromatic nitrogens is 2. The lowest BCUT2D eigenvalue weighted by atomic mass is 10.0. The Hall–Kier alpha value is -3.26. The molecule has 0 aliphatic heterocycles. The lowest BCUT2D eigenvalue weighted by Crippen LogP contribution is -2.35. The van der Waals surface area contributed by atoms with Crippen LogP contribution in [0.4, 0.5) is 0 Å². The SMILES string of the molecule is COC(=O)c1c(C)c(C(=O)CN(Cc2cccnc2)C(=O)c2cccs2)c(C)n1C. The van der Waals surface area contributed by atoms with Crippen LogP contribution in [-0.2, 0) is 18.3 Å². The fourth-order valence-corrected chi connectivity index (χ4v) is 4.19. The second-order valence-electron chi connectivity index (χ2n) is 6.91. The van der Waals surface area contributed by atoms with Gasteiger partial charge in [-0.2, -0.15) is 0 Å². The van der Waals surface area contributed by atoms with Gasteiger partial charge in [-0.3, -0.25) is 14.6 Å². The molecule has 0 aromatic carbocycles. The second kappa shape index (κ2) is 9.04. The van der Waals surface area contributed by atoms with Crippen molar-refractivity contribution in [3.8, 4) is 0 Å². The van der Waals surface area contributed by atoms with Gasteiger partial charge in [0.25, 0.3) is 5.91 Å². The van der Waals surface area contributed by atoms with Crippen molar-refractivity contribution in [1.82, 2.24) is 14.5 Å². The highest BCUT2D eigenvalue weighted by atomic mass is 32.1. The van der Waals surface area contributed by atoms with E-state index < -0.39 is 5.97 Å². The Morgan fingerprint density at radius 2 is 1.97 bits per heavy atom. The minimum absolute atomic E-state index is 0.113. The fourth-order valence-electron chi connectivity index (χ4n) is 3.49. The Balaban J connectivity index is 1.94. The molecule has 3 aromatic heterocycles. The Morgan fingerprint density at radius 1 is 1.20 bits per heavy atom. The molecular weight excluding hydrogens is 402 g/mol. The average Bonchev–Trinajstić information content (AvgIpc) is 3.35. The van der Waals surface area contributed by atoms with Crippen molar-refractivity contribution < 1.29 is 19.1 Å². The number of carbonyl (C=O) groups excluding carboxylic acids is 3. The van der Waals surface area contributed by atoms with Gasteiger partial charge in [0.15, 0.2) is 5.78 Å². The predicted molar refractivity (Wildman–Crippen MR) is 114 cm³/mol. The zero-order chi connectivity index (χ0) is 21.8. The zero-order valence-electron chi connectivity index (χ0n) is 17.3. The van der Waals surface area contributed by atoms with Crippen LogP contribution in [0.25, 0.3) is 0 Å². The minimum Gasteiger partial charge on any atom is -0.464 e. The van der Waals surface area contributed by atoms with Crippen LogP contribution >= 0.6 is 11.3 Å². The van der Waals surface area contributed by atoms with Gasteiger partial charge in [0.05, 0.1) is 18.5 Å². The minimum atomic E-state index is -0.501. The number of amides is 1. The van der Waals surface area contributed by atoms with E-state index in [9.17, 15) is 14.4 Å². The Morgan fingerprint density at radius 3 is 2.57 bits per heavy atom. The summed E-state index contributed by atoms with van der Waals surface area (Å²) in [7, 11) is 3.02.